The maximum Gasteiger partial charge on any atom is 0.336 e. The van der Waals surface area contributed by atoms with Crippen LogP contribution in [-0.4, -0.2) is 31.1 Å². The smallest absolute Gasteiger partial charge is 0.336 e. The number of anilines is 1. The van der Waals surface area contributed by atoms with E-state index in [2.05, 4.69) is 21.2 Å². The predicted molar refractivity (Wildman–Crippen MR) is 140 cm³/mol. The molecule has 1 aliphatic heterocycles. The lowest BCUT2D eigenvalue weighted by Crippen LogP contribution is -2.54. The highest BCUT2D eigenvalue weighted by Crippen LogP contribution is 2.38. The Labute approximate surface area is 224 Å². The first-order valence-corrected chi connectivity index (χ1v) is 12.8. The van der Waals surface area contributed by atoms with E-state index in [1.807, 2.05) is 19.1 Å². The molecule has 2 heterocycles. The first kappa shape index (κ1) is 25.9. The van der Waals surface area contributed by atoms with Gasteiger partial charge in [-0.25, -0.2) is 9.69 Å². The zero-order chi connectivity index (χ0) is 25.8. The molecule has 8 nitrogen and oxygen atoms in total. The molecule has 3 aromatic rings. The molecule has 1 aromatic heterocycles. The van der Waals surface area contributed by atoms with Crippen LogP contribution in [0.25, 0.3) is 6.08 Å². The number of rotatable bonds is 8. The van der Waals surface area contributed by atoms with E-state index in [4.69, 9.17) is 25.5 Å². The summed E-state index contributed by atoms with van der Waals surface area (Å²) in [5.74, 6) is -0.601. The molecule has 0 bridgehead atoms. The zero-order valence-electron chi connectivity index (χ0n) is 19.2. The number of imide groups is 2. The molecule has 0 saturated carbocycles. The van der Waals surface area contributed by atoms with Gasteiger partial charge < -0.3 is 13.9 Å². The highest BCUT2D eigenvalue weighted by Gasteiger charge is 2.38. The molecule has 2 aromatic carbocycles. The average Bonchev–Trinajstić information content (AvgIpc) is 3.18. The maximum atomic E-state index is 13.4. The van der Waals surface area contributed by atoms with Crippen LogP contribution in [0.1, 0.15) is 19.6 Å². The number of nitrogens with zero attached hydrogens (tertiary/aromatic N) is 1. The minimum Gasteiger partial charge on any atom is -0.494 e. The van der Waals surface area contributed by atoms with Crippen molar-refractivity contribution < 1.29 is 28.3 Å². The van der Waals surface area contributed by atoms with E-state index < -0.39 is 17.8 Å². The molecule has 4 rings (SSSR count). The van der Waals surface area contributed by atoms with Crippen LogP contribution in [0.3, 0.4) is 0 Å². The molecule has 1 saturated heterocycles. The van der Waals surface area contributed by atoms with Gasteiger partial charge >= 0.3 is 6.03 Å². The van der Waals surface area contributed by atoms with Gasteiger partial charge in [-0.15, -0.1) is 0 Å². The number of amides is 4. The normalized spacial score (nSPS) is 14.8. The van der Waals surface area contributed by atoms with Crippen molar-refractivity contribution in [3.8, 4) is 11.5 Å². The molecule has 186 valence electrons. The summed E-state index contributed by atoms with van der Waals surface area (Å²) >= 11 is 10.7. The molecule has 0 atom stereocenters. The quantitative estimate of drug-likeness (QED) is 0.242. The summed E-state index contributed by atoms with van der Waals surface area (Å²) < 4.78 is 17.6. The first-order valence-electron chi connectivity index (χ1n) is 10.8. The molecule has 1 N–H and O–H groups in total. The van der Waals surface area contributed by atoms with Crippen LogP contribution in [0, 0.1) is 0 Å². The number of hydrogen-bond acceptors (Lipinski definition) is 7. The largest absolute Gasteiger partial charge is 0.494 e. The van der Waals surface area contributed by atoms with Gasteiger partial charge in [-0.1, -0.05) is 23.4 Å². The van der Waals surface area contributed by atoms with Crippen molar-refractivity contribution >= 4 is 68.9 Å². The Kier molecular flexibility index (Phi) is 8.07. The molecule has 0 aliphatic carbocycles. The molecule has 0 radical (unpaired) electrons. The lowest BCUT2D eigenvalue weighted by Gasteiger charge is -2.27. The van der Waals surface area contributed by atoms with E-state index in [9.17, 15) is 14.4 Å². The lowest BCUT2D eigenvalue weighted by molar-refractivity contribution is -0.122. The van der Waals surface area contributed by atoms with Gasteiger partial charge in [-0.05, 0) is 78.3 Å². The van der Waals surface area contributed by atoms with Crippen molar-refractivity contribution in [2.45, 2.75) is 23.8 Å². The molecule has 36 heavy (non-hydrogen) atoms. The first-order chi connectivity index (χ1) is 17.3. The number of furan rings is 1. The van der Waals surface area contributed by atoms with Crippen molar-refractivity contribution in [3.63, 3.8) is 0 Å². The fourth-order valence-corrected chi connectivity index (χ4v) is 4.80. The van der Waals surface area contributed by atoms with Crippen LogP contribution >= 0.6 is 39.3 Å². The second-order valence-electron chi connectivity index (χ2n) is 7.29. The predicted octanol–water partition coefficient (Wildman–Crippen LogP) is 6.31. The number of urea groups is 1. The Hall–Kier alpha value is -3.21. The number of hydrogen-bond donors (Lipinski definition) is 1. The summed E-state index contributed by atoms with van der Waals surface area (Å²) in [4.78, 5) is 40.4. The Bertz CT molecular complexity index is 1360. The number of nitrogens with one attached hydrogen (secondary N) is 1. The average molecular weight is 592 g/mol. The van der Waals surface area contributed by atoms with Gasteiger partial charge in [0.05, 0.1) is 23.4 Å². The minimum absolute atomic E-state index is 0.181. The molecule has 1 aliphatic rings. The molecule has 11 heteroatoms. The highest BCUT2D eigenvalue weighted by molar-refractivity contribution is 9.10. The van der Waals surface area contributed by atoms with Crippen LogP contribution in [0.5, 0.6) is 11.5 Å². The summed E-state index contributed by atoms with van der Waals surface area (Å²) in [6, 6.07) is 12.7. The maximum absolute atomic E-state index is 13.4. The molecule has 0 spiro atoms. The molecular formula is C25H20BrClN2O6S. The number of benzene rings is 2. The third-order valence-corrected chi connectivity index (χ3v) is 6.97. The second kappa shape index (κ2) is 11.2. The fraction of sp³-hybridized carbons (Fsp3) is 0.160. The molecule has 1 fully saturated rings. The number of carbonyl (C=O) groups is 3. The van der Waals surface area contributed by atoms with Crippen molar-refractivity contribution in [1.29, 1.82) is 0 Å². The summed E-state index contributed by atoms with van der Waals surface area (Å²) in [6.45, 7) is 4.35. The summed E-state index contributed by atoms with van der Waals surface area (Å²) in [5, 5.41) is 3.34. The van der Waals surface area contributed by atoms with Crippen molar-refractivity contribution in [3.05, 3.63) is 69.4 Å². The van der Waals surface area contributed by atoms with E-state index in [0.717, 1.165) is 9.80 Å². The Morgan fingerprint density at radius 1 is 1.06 bits per heavy atom. The van der Waals surface area contributed by atoms with Crippen molar-refractivity contribution in [2.24, 2.45) is 0 Å². The van der Waals surface area contributed by atoms with Crippen LogP contribution < -0.4 is 19.7 Å². The fourth-order valence-electron chi connectivity index (χ4n) is 3.34. The van der Waals surface area contributed by atoms with Crippen LogP contribution in [-0.2, 0) is 9.59 Å². The highest BCUT2D eigenvalue weighted by atomic mass is 79.9. The van der Waals surface area contributed by atoms with Gasteiger partial charge in [-0.3, -0.25) is 14.9 Å². The van der Waals surface area contributed by atoms with E-state index in [0.29, 0.717) is 33.6 Å². The molecule has 0 unspecified atom stereocenters. The Balaban J connectivity index is 1.65. The number of halogens is 2. The number of carbonyl (C=O) groups excluding carboxylic acids is 3. The number of ether oxygens (including phenoxy) is 2. The molecule has 4 amide bonds. The molecular weight excluding hydrogens is 572 g/mol. The van der Waals surface area contributed by atoms with Crippen molar-refractivity contribution in [2.75, 3.05) is 18.1 Å². The summed E-state index contributed by atoms with van der Waals surface area (Å²) in [6.07, 6.45) is 1.29. The summed E-state index contributed by atoms with van der Waals surface area (Å²) in [7, 11) is 0. The monoisotopic (exact) mass is 590 g/mol. The van der Waals surface area contributed by atoms with Gasteiger partial charge in [0.2, 0.25) is 0 Å². The minimum atomic E-state index is -0.883. The third-order valence-electron chi connectivity index (χ3n) is 4.87. The van der Waals surface area contributed by atoms with Crippen LogP contribution in [0.2, 0.25) is 5.02 Å². The third kappa shape index (κ3) is 5.61. The van der Waals surface area contributed by atoms with Gasteiger partial charge in [0, 0.05) is 16.0 Å². The van der Waals surface area contributed by atoms with E-state index in [-0.39, 0.29) is 22.8 Å². The SMILES string of the molecule is CCOc1ccc(N2C(=O)NC(=O)/C(=C\c3cc(Br)c(Sc4ccc(Cl)cc4)o3)C2=O)c(OCC)c1. The lowest BCUT2D eigenvalue weighted by atomic mass is 10.1. The van der Waals surface area contributed by atoms with Gasteiger partial charge in [0.25, 0.3) is 11.8 Å². The standard InChI is InChI=1S/C25H20BrClN2O6S/c1-3-33-15-7-10-20(21(13-15)34-4-2)29-23(31)18(22(30)28-25(29)32)11-16-12-19(26)24(35-16)36-17-8-5-14(27)6-9-17/h5-13H,3-4H2,1-2H3,(H,28,30,32)/b18-11+. The van der Waals surface area contributed by atoms with Crippen LogP contribution in [0.15, 0.2) is 73.0 Å². The Morgan fingerprint density at radius 2 is 1.78 bits per heavy atom. The van der Waals surface area contributed by atoms with Crippen LogP contribution in [0.4, 0.5) is 10.5 Å². The van der Waals surface area contributed by atoms with Gasteiger partial charge in [-0.2, -0.15) is 0 Å². The van der Waals surface area contributed by atoms with Gasteiger partial charge in [0.1, 0.15) is 22.8 Å². The van der Waals surface area contributed by atoms with E-state index >= 15 is 0 Å². The van der Waals surface area contributed by atoms with E-state index in [1.165, 1.54) is 23.9 Å². The summed E-state index contributed by atoms with van der Waals surface area (Å²) in [5.41, 5.74) is -0.0870. The van der Waals surface area contributed by atoms with Gasteiger partial charge in [0.15, 0.2) is 5.09 Å². The Morgan fingerprint density at radius 3 is 2.47 bits per heavy atom. The number of barbiturate groups is 1. The topological polar surface area (TPSA) is 98.1 Å². The van der Waals surface area contributed by atoms with Crippen molar-refractivity contribution in [1.82, 2.24) is 5.32 Å². The zero-order valence-corrected chi connectivity index (χ0v) is 22.3. The second-order valence-corrected chi connectivity index (χ2v) is 9.63. The van der Waals surface area contributed by atoms with E-state index in [1.54, 1.807) is 37.3 Å².